The average Bonchev–Trinajstić information content (AvgIpc) is 2.48. The third-order valence-corrected chi connectivity index (χ3v) is 3.53. The molecule has 1 aromatic rings. The molecule has 4 nitrogen and oxygen atoms in total. The van der Waals surface area contributed by atoms with Gasteiger partial charge in [-0.05, 0) is 24.1 Å². The molecule has 0 amide bonds. The second kappa shape index (κ2) is 7.48. The molecule has 1 atom stereocenters. The molecule has 1 aliphatic heterocycles. The number of benzene rings is 1. The van der Waals surface area contributed by atoms with Crippen LogP contribution in [0, 0.1) is 0 Å². The Labute approximate surface area is 115 Å². The van der Waals surface area contributed by atoms with Crippen molar-refractivity contribution in [2.45, 2.75) is 19.4 Å². The van der Waals surface area contributed by atoms with Crippen LogP contribution in [0.4, 0.5) is 0 Å². The van der Waals surface area contributed by atoms with E-state index in [0.29, 0.717) is 0 Å². The largest absolute Gasteiger partial charge is 0.492 e. The predicted molar refractivity (Wildman–Crippen MR) is 76.4 cm³/mol. The van der Waals surface area contributed by atoms with E-state index < -0.39 is 0 Å². The molecular weight excluding hydrogens is 240 g/mol. The van der Waals surface area contributed by atoms with Crippen molar-refractivity contribution >= 4 is 0 Å². The van der Waals surface area contributed by atoms with E-state index in [4.69, 9.17) is 15.2 Å². The number of hydrogen-bond donors (Lipinski definition) is 1. The minimum absolute atomic E-state index is 0.127. The van der Waals surface area contributed by atoms with Gasteiger partial charge in [-0.25, -0.2) is 0 Å². The number of hydrogen-bond acceptors (Lipinski definition) is 4. The Morgan fingerprint density at radius 2 is 1.95 bits per heavy atom. The van der Waals surface area contributed by atoms with Gasteiger partial charge in [0.2, 0.25) is 0 Å². The monoisotopic (exact) mass is 264 g/mol. The number of nitrogens with two attached hydrogens (primary N) is 1. The Morgan fingerprint density at radius 3 is 2.58 bits per heavy atom. The molecule has 2 N–H and O–H groups in total. The molecule has 0 aromatic heterocycles. The molecule has 4 heteroatoms. The minimum Gasteiger partial charge on any atom is -0.492 e. The molecule has 1 aromatic carbocycles. The van der Waals surface area contributed by atoms with Gasteiger partial charge in [-0.3, -0.25) is 4.90 Å². The van der Waals surface area contributed by atoms with E-state index in [-0.39, 0.29) is 6.04 Å². The first kappa shape index (κ1) is 14.3. The zero-order chi connectivity index (χ0) is 13.5. The molecule has 1 fully saturated rings. The van der Waals surface area contributed by atoms with Crippen LogP contribution in [-0.4, -0.2) is 44.4 Å². The lowest BCUT2D eigenvalue weighted by Gasteiger charge is -2.26. The van der Waals surface area contributed by atoms with Gasteiger partial charge in [0, 0.05) is 25.7 Å². The van der Waals surface area contributed by atoms with E-state index in [1.54, 1.807) is 0 Å². The van der Waals surface area contributed by atoms with Crippen LogP contribution < -0.4 is 10.5 Å². The standard InChI is InChI=1S/C15H24N2O2/c1-2-15(16)13-3-5-14(6-4-13)19-12-9-17-7-10-18-11-8-17/h3-6,15H,2,7-12,16H2,1H3/t15-/m1/s1. The van der Waals surface area contributed by atoms with Crippen molar-refractivity contribution in [3.8, 4) is 5.75 Å². The van der Waals surface area contributed by atoms with Crippen LogP contribution in [0.2, 0.25) is 0 Å². The van der Waals surface area contributed by atoms with E-state index in [1.165, 1.54) is 5.56 Å². The topological polar surface area (TPSA) is 47.7 Å². The van der Waals surface area contributed by atoms with Crippen molar-refractivity contribution in [2.75, 3.05) is 39.5 Å². The Bertz CT molecular complexity index is 361. The highest BCUT2D eigenvalue weighted by Crippen LogP contribution is 2.18. The van der Waals surface area contributed by atoms with Crippen molar-refractivity contribution < 1.29 is 9.47 Å². The lowest BCUT2D eigenvalue weighted by atomic mass is 10.1. The summed E-state index contributed by atoms with van der Waals surface area (Å²) in [6.45, 7) is 7.46. The zero-order valence-corrected chi connectivity index (χ0v) is 11.7. The molecule has 0 unspecified atom stereocenters. The molecule has 106 valence electrons. The smallest absolute Gasteiger partial charge is 0.119 e. The van der Waals surface area contributed by atoms with Crippen LogP contribution in [-0.2, 0) is 4.74 Å². The van der Waals surface area contributed by atoms with Gasteiger partial charge < -0.3 is 15.2 Å². The summed E-state index contributed by atoms with van der Waals surface area (Å²) in [4.78, 5) is 2.37. The van der Waals surface area contributed by atoms with E-state index in [9.17, 15) is 0 Å². The van der Waals surface area contributed by atoms with E-state index >= 15 is 0 Å². The van der Waals surface area contributed by atoms with Crippen molar-refractivity contribution in [1.82, 2.24) is 4.90 Å². The minimum atomic E-state index is 0.127. The van der Waals surface area contributed by atoms with Crippen LogP contribution in [0.1, 0.15) is 24.9 Å². The van der Waals surface area contributed by atoms with Crippen LogP contribution in [0.25, 0.3) is 0 Å². The highest BCUT2D eigenvalue weighted by atomic mass is 16.5. The highest BCUT2D eigenvalue weighted by Gasteiger charge is 2.09. The van der Waals surface area contributed by atoms with Crippen molar-refractivity contribution in [1.29, 1.82) is 0 Å². The fourth-order valence-electron chi connectivity index (χ4n) is 2.16. The molecule has 1 aliphatic rings. The predicted octanol–water partition coefficient (Wildman–Crippen LogP) is 1.81. The summed E-state index contributed by atoms with van der Waals surface area (Å²) < 4.78 is 11.1. The summed E-state index contributed by atoms with van der Waals surface area (Å²) >= 11 is 0. The first-order chi connectivity index (χ1) is 9.29. The van der Waals surface area contributed by atoms with E-state index in [1.807, 2.05) is 12.1 Å². The number of nitrogens with zero attached hydrogens (tertiary/aromatic N) is 1. The molecular formula is C15H24N2O2. The van der Waals surface area contributed by atoms with Crippen molar-refractivity contribution in [3.63, 3.8) is 0 Å². The normalized spacial score (nSPS) is 18.2. The molecule has 1 heterocycles. The maximum Gasteiger partial charge on any atom is 0.119 e. The summed E-state index contributed by atoms with van der Waals surface area (Å²) in [6, 6.07) is 8.24. The third-order valence-electron chi connectivity index (χ3n) is 3.53. The molecule has 0 aliphatic carbocycles. The number of rotatable bonds is 6. The summed E-state index contributed by atoms with van der Waals surface area (Å²) in [6.07, 6.45) is 0.956. The maximum absolute atomic E-state index is 5.98. The van der Waals surface area contributed by atoms with E-state index in [2.05, 4.69) is 24.0 Å². The zero-order valence-electron chi connectivity index (χ0n) is 11.7. The van der Waals surface area contributed by atoms with Gasteiger partial charge >= 0.3 is 0 Å². The Morgan fingerprint density at radius 1 is 1.26 bits per heavy atom. The van der Waals surface area contributed by atoms with Crippen LogP contribution in [0.5, 0.6) is 5.75 Å². The summed E-state index contributed by atoms with van der Waals surface area (Å²) in [5, 5.41) is 0. The number of morpholine rings is 1. The average molecular weight is 264 g/mol. The SMILES string of the molecule is CC[C@@H](N)c1ccc(OCCN2CCOCC2)cc1. The third kappa shape index (κ3) is 4.49. The summed E-state index contributed by atoms with van der Waals surface area (Å²) in [7, 11) is 0. The second-order valence-corrected chi connectivity index (χ2v) is 4.89. The molecule has 19 heavy (non-hydrogen) atoms. The Balaban J connectivity index is 1.73. The number of ether oxygens (including phenoxy) is 2. The lowest BCUT2D eigenvalue weighted by Crippen LogP contribution is -2.38. The van der Waals surface area contributed by atoms with Gasteiger partial charge in [0.05, 0.1) is 13.2 Å². The van der Waals surface area contributed by atoms with Gasteiger partial charge in [0.15, 0.2) is 0 Å². The molecule has 0 radical (unpaired) electrons. The first-order valence-corrected chi connectivity index (χ1v) is 7.08. The Kier molecular flexibility index (Phi) is 5.63. The second-order valence-electron chi connectivity index (χ2n) is 4.89. The van der Waals surface area contributed by atoms with Crippen molar-refractivity contribution in [2.24, 2.45) is 5.73 Å². The molecule has 0 spiro atoms. The quantitative estimate of drug-likeness (QED) is 0.851. The van der Waals surface area contributed by atoms with Gasteiger partial charge in [0.25, 0.3) is 0 Å². The first-order valence-electron chi connectivity index (χ1n) is 7.08. The highest BCUT2D eigenvalue weighted by molar-refractivity contribution is 5.28. The van der Waals surface area contributed by atoms with E-state index in [0.717, 1.165) is 51.6 Å². The van der Waals surface area contributed by atoms with Gasteiger partial charge in [-0.15, -0.1) is 0 Å². The van der Waals surface area contributed by atoms with Crippen LogP contribution >= 0.6 is 0 Å². The molecule has 0 saturated carbocycles. The van der Waals surface area contributed by atoms with Gasteiger partial charge in [-0.2, -0.15) is 0 Å². The molecule has 2 rings (SSSR count). The summed E-state index contributed by atoms with van der Waals surface area (Å²) in [5.41, 5.74) is 7.15. The molecule has 1 saturated heterocycles. The maximum atomic E-state index is 5.98. The fraction of sp³-hybridized carbons (Fsp3) is 0.600. The fourth-order valence-corrected chi connectivity index (χ4v) is 2.16. The lowest BCUT2D eigenvalue weighted by molar-refractivity contribution is 0.0322. The van der Waals surface area contributed by atoms with Crippen LogP contribution in [0.3, 0.4) is 0 Å². The van der Waals surface area contributed by atoms with Crippen LogP contribution in [0.15, 0.2) is 24.3 Å². The van der Waals surface area contributed by atoms with Gasteiger partial charge in [0.1, 0.15) is 12.4 Å². The Hall–Kier alpha value is -1.10. The summed E-state index contributed by atoms with van der Waals surface area (Å²) in [5.74, 6) is 0.917. The van der Waals surface area contributed by atoms with Crippen molar-refractivity contribution in [3.05, 3.63) is 29.8 Å². The molecule has 0 bridgehead atoms. The van der Waals surface area contributed by atoms with Gasteiger partial charge in [-0.1, -0.05) is 19.1 Å².